The third-order valence-electron chi connectivity index (χ3n) is 6.25. The summed E-state index contributed by atoms with van der Waals surface area (Å²) in [5, 5.41) is 17.8. The average Bonchev–Trinajstić information content (AvgIpc) is 2.81. The van der Waals surface area contributed by atoms with Crippen LogP contribution < -0.4 is 21.7 Å². The molecule has 0 unspecified atom stereocenters. The third-order valence-corrected chi connectivity index (χ3v) is 6.25. The smallest absolute Gasteiger partial charge is 0.314 e. The Balaban J connectivity index is 1.89. The fraction of sp³-hybridized carbons (Fsp3) is 0.440. The molecule has 0 aliphatic carbocycles. The topological polar surface area (TPSA) is 136 Å². The quantitative estimate of drug-likeness (QED) is 0.380. The predicted molar refractivity (Wildman–Crippen MR) is 136 cm³/mol. The van der Waals surface area contributed by atoms with Crippen molar-refractivity contribution in [2.75, 3.05) is 30.3 Å². The van der Waals surface area contributed by atoms with Crippen LogP contribution >= 0.6 is 0 Å². The van der Waals surface area contributed by atoms with Gasteiger partial charge < -0.3 is 32.0 Å². The number of aromatic nitrogens is 1. The molecule has 182 valence electrons. The van der Waals surface area contributed by atoms with Crippen LogP contribution in [-0.4, -0.2) is 53.7 Å². The standard InChI is InChI=1S/C25H35N7O2/c1-5-28-23-20(13-26)22(31-18-8-10-32(11-9-18)25(27)34)21(14-29-23)24(33)30-17(4)19-12-15(2)6-7-16(19)3/h6-7,12-14,17-18,26H,5,8-11H2,1-4H3,(H2,27,34)(H,30,33)(H2,28,29,31)/t17-/m1/s1. The van der Waals surface area contributed by atoms with Gasteiger partial charge in [0.25, 0.3) is 5.91 Å². The Labute approximate surface area is 201 Å². The number of piperidine rings is 1. The summed E-state index contributed by atoms with van der Waals surface area (Å²) in [7, 11) is 0. The van der Waals surface area contributed by atoms with Gasteiger partial charge >= 0.3 is 6.03 Å². The SMILES string of the molecule is CCNc1ncc(C(=O)N[C@H](C)c2cc(C)ccc2C)c(NC2CCN(C(N)=O)CC2)c1C=N. The van der Waals surface area contributed by atoms with Crippen LogP contribution in [-0.2, 0) is 0 Å². The van der Waals surface area contributed by atoms with Gasteiger partial charge in [-0.2, -0.15) is 0 Å². The number of carbonyl (C=O) groups is 2. The number of hydrogen-bond donors (Lipinski definition) is 5. The number of hydrogen-bond acceptors (Lipinski definition) is 6. The lowest BCUT2D eigenvalue weighted by Crippen LogP contribution is -2.45. The number of aryl methyl sites for hydroxylation is 2. The van der Waals surface area contributed by atoms with Gasteiger partial charge in [0.1, 0.15) is 5.82 Å². The average molecular weight is 466 g/mol. The largest absolute Gasteiger partial charge is 0.381 e. The second-order valence-corrected chi connectivity index (χ2v) is 8.78. The summed E-state index contributed by atoms with van der Waals surface area (Å²) in [5.74, 6) is 0.290. The maximum atomic E-state index is 13.4. The fourth-order valence-corrected chi connectivity index (χ4v) is 4.33. The van der Waals surface area contributed by atoms with Gasteiger partial charge in [0, 0.05) is 38.1 Å². The minimum atomic E-state index is -0.419. The van der Waals surface area contributed by atoms with E-state index in [1.807, 2.05) is 27.7 Å². The lowest BCUT2D eigenvalue weighted by Gasteiger charge is -2.32. The highest BCUT2D eigenvalue weighted by molar-refractivity contribution is 6.05. The number of pyridine rings is 1. The highest BCUT2D eigenvalue weighted by atomic mass is 16.2. The number of anilines is 2. The van der Waals surface area contributed by atoms with Crippen LogP contribution in [0.1, 0.15) is 65.3 Å². The molecular formula is C25H35N7O2. The molecule has 3 rings (SSSR count). The summed E-state index contributed by atoms with van der Waals surface area (Å²) < 4.78 is 0. The molecule has 1 saturated heterocycles. The van der Waals surface area contributed by atoms with Crippen molar-refractivity contribution in [1.82, 2.24) is 15.2 Å². The van der Waals surface area contributed by atoms with Gasteiger partial charge in [-0.25, -0.2) is 9.78 Å². The lowest BCUT2D eigenvalue weighted by molar-refractivity contribution is 0.0940. The number of amides is 3. The zero-order valence-electron chi connectivity index (χ0n) is 20.4. The van der Waals surface area contributed by atoms with Gasteiger partial charge in [-0.05, 0) is 51.7 Å². The highest BCUT2D eigenvalue weighted by Crippen LogP contribution is 2.29. The summed E-state index contributed by atoms with van der Waals surface area (Å²) in [6, 6.07) is 5.61. The van der Waals surface area contributed by atoms with E-state index in [0.29, 0.717) is 55.1 Å². The zero-order chi connectivity index (χ0) is 24.8. The Morgan fingerprint density at radius 1 is 1.29 bits per heavy atom. The minimum Gasteiger partial charge on any atom is -0.381 e. The number of benzene rings is 1. The molecule has 0 spiro atoms. The molecule has 34 heavy (non-hydrogen) atoms. The molecule has 0 radical (unpaired) electrons. The maximum absolute atomic E-state index is 13.4. The first kappa shape index (κ1) is 25.0. The van der Waals surface area contributed by atoms with E-state index in [0.717, 1.165) is 16.7 Å². The van der Waals surface area contributed by atoms with Gasteiger partial charge in [-0.15, -0.1) is 0 Å². The van der Waals surface area contributed by atoms with Gasteiger partial charge in [0.2, 0.25) is 0 Å². The maximum Gasteiger partial charge on any atom is 0.314 e. The van der Waals surface area contributed by atoms with E-state index in [-0.39, 0.29) is 18.0 Å². The summed E-state index contributed by atoms with van der Waals surface area (Å²) in [4.78, 5) is 30.9. The Morgan fingerprint density at radius 3 is 2.62 bits per heavy atom. The number of nitrogens with two attached hydrogens (primary N) is 1. The monoisotopic (exact) mass is 465 g/mol. The van der Waals surface area contributed by atoms with Crippen LogP contribution in [0.15, 0.2) is 24.4 Å². The molecule has 0 bridgehead atoms. The first-order valence-corrected chi connectivity index (χ1v) is 11.7. The Kier molecular flexibility index (Phi) is 8.09. The van der Waals surface area contributed by atoms with Crippen molar-refractivity contribution in [2.24, 2.45) is 5.73 Å². The first-order valence-electron chi connectivity index (χ1n) is 11.7. The molecule has 1 aliphatic heterocycles. The van der Waals surface area contributed by atoms with Crippen LogP contribution in [0.5, 0.6) is 0 Å². The van der Waals surface area contributed by atoms with E-state index in [2.05, 4.69) is 39.1 Å². The van der Waals surface area contributed by atoms with E-state index in [1.54, 1.807) is 11.1 Å². The summed E-state index contributed by atoms with van der Waals surface area (Å²) in [5.41, 5.74) is 10.2. The molecular weight excluding hydrogens is 430 g/mol. The number of carbonyl (C=O) groups excluding carboxylic acids is 2. The molecule has 2 aromatic rings. The molecule has 6 N–H and O–H groups in total. The van der Waals surface area contributed by atoms with E-state index in [1.165, 1.54) is 6.21 Å². The second-order valence-electron chi connectivity index (χ2n) is 8.78. The Bertz CT molecular complexity index is 1060. The van der Waals surface area contributed by atoms with Crippen LogP contribution in [0.25, 0.3) is 0 Å². The minimum absolute atomic E-state index is 0.0363. The van der Waals surface area contributed by atoms with E-state index >= 15 is 0 Å². The van der Waals surface area contributed by atoms with E-state index < -0.39 is 6.03 Å². The van der Waals surface area contributed by atoms with Crippen molar-refractivity contribution in [3.63, 3.8) is 0 Å². The zero-order valence-corrected chi connectivity index (χ0v) is 20.4. The summed E-state index contributed by atoms with van der Waals surface area (Å²) >= 11 is 0. The van der Waals surface area contributed by atoms with E-state index in [9.17, 15) is 9.59 Å². The Hall–Kier alpha value is -3.62. The number of nitrogens with one attached hydrogen (secondary N) is 4. The number of nitrogens with zero attached hydrogens (tertiary/aromatic N) is 2. The van der Waals surface area contributed by atoms with Gasteiger partial charge in [-0.1, -0.05) is 23.8 Å². The molecule has 9 heteroatoms. The normalized spacial score (nSPS) is 14.9. The van der Waals surface area contributed by atoms with Crippen molar-refractivity contribution < 1.29 is 9.59 Å². The molecule has 9 nitrogen and oxygen atoms in total. The Morgan fingerprint density at radius 2 is 2.00 bits per heavy atom. The van der Waals surface area contributed by atoms with Gasteiger partial charge in [0.05, 0.1) is 22.9 Å². The third kappa shape index (κ3) is 5.65. The molecule has 2 heterocycles. The van der Waals surface area contributed by atoms with Crippen LogP contribution in [0.3, 0.4) is 0 Å². The van der Waals surface area contributed by atoms with Gasteiger partial charge in [-0.3, -0.25) is 4.79 Å². The predicted octanol–water partition coefficient (Wildman–Crippen LogP) is 3.57. The van der Waals surface area contributed by atoms with Crippen molar-refractivity contribution >= 4 is 29.7 Å². The number of primary amides is 1. The summed E-state index contributed by atoms with van der Waals surface area (Å²) in [6.45, 7) is 9.70. The molecule has 1 aliphatic rings. The van der Waals surface area contributed by atoms with Crippen molar-refractivity contribution in [2.45, 2.75) is 52.6 Å². The number of likely N-dealkylation sites (tertiary alicyclic amines) is 1. The molecule has 3 amide bonds. The van der Waals surface area contributed by atoms with Crippen molar-refractivity contribution in [3.8, 4) is 0 Å². The van der Waals surface area contributed by atoms with Crippen LogP contribution in [0.4, 0.5) is 16.3 Å². The first-order chi connectivity index (χ1) is 16.2. The fourth-order valence-electron chi connectivity index (χ4n) is 4.33. The molecule has 1 fully saturated rings. The van der Waals surface area contributed by atoms with Crippen molar-refractivity contribution in [1.29, 1.82) is 5.41 Å². The van der Waals surface area contributed by atoms with Crippen molar-refractivity contribution in [3.05, 3.63) is 52.2 Å². The molecule has 1 aromatic carbocycles. The van der Waals surface area contributed by atoms with Gasteiger partial charge in [0.15, 0.2) is 0 Å². The van der Waals surface area contributed by atoms with Crippen LogP contribution in [0, 0.1) is 19.3 Å². The highest BCUT2D eigenvalue weighted by Gasteiger charge is 2.26. The number of rotatable bonds is 8. The van der Waals surface area contributed by atoms with E-state index in [4.69, 9.17) is 11.1 Å². The lowest BCUT2D eigenvalue weighted by atomic mass is 9.99. The molecule has 0 saturated carbocycles. The van der Waals surface area contributed by atoms with Crippen LogP contribution in [0.2, 0.25) is 0 Å². The molecule has 1 atom stereocenters. The summed E-state index contributed by atoms with van der Waals surface area (Å²) in [6.07, 6.45) is 4.16. The number of urea groups is 1. The molecule has 1 aromatic heterocycles. The second kappa shape index (κ2) is 11.0.